The van der Waals surface area contributed by atoms with Gasteiger partial charge in [0, 0.05) is 13.1 Å². The second-order valence-corrected chi connectivity index (χ2v) is 5.58. The van der Waals surface area contributed by atoms with Crippen LogP contribution in [0.5, 0.6) is 5.75 Å². The molecule has 0 unspecified atom stereocenters. The number of nitrogens with one attached hydrogen (secondary N) is 1. The van der Waals surface area contributed by atoms with E-state index in [4.69, 9.17) is 10.5 Å². The topological polar surface area (TPSA) is 84.7 Å². The molecule has 1 atom stereocenters. The highest BCUT2D eigenvalue weighted by atomic mass is 16.5. The Balaban J connectivity index is 1.70. The first-order valence-electron chi connectivity index (χ1n) is 7.58. The molecule has 0 radical (unpaired) electrons. The molecule has 0 saturated carbocycles. The van der Waals surface area contributed by atoms with E-state index in [0.29, 0.717) is 26.2 Å². The van der Waals surface area contributed by atoms with Crippen molar-refractivity contribution in [2.75, 3.05) is 26.2 Å². The summed E-state index contributed by atoms with van der Waals surface area (Å²) in [5.74, 6) is 0.226. The van der Waals surface area contributed by atoms with Crippen molar-refractivity contribution in [2.24, 2.45) is 11.7 Å². The van der Waals surface area contributed by atoms with Crippen LogP contribution in [-0.2, 0) is 4.79 Å². The lowest BCUT2D eigenvalue weighted by molar-refractivity contribution is -0.123. The Bertz CT molecular complexity index is 533. The Morgan fingerprint density at radius 1 is 1.45 bits per heavy atom. The summed E-state index contributed by atoms with van der Waals surface area (Å²) in [5, 5.41) is 2.81. The summed E-state index contributed by atoms with van der Waals surface area (Å²) in [7, 11) is 0. The highest BCUT2D eigenvalue weighted by molar-refractivity contribution is 5.79. The summed E-state index contributed by atoms with van der Waals surface area (Å²) < 4.78 is 5.58. The van der Waals surface area contributed by atoms with Gasteiger partial charge in [0.2, 0.25) is 5.91 Å². The number of piperidine rings is 1. The van der Waals surface area contributed by atoms with E-state index in [2.05, 4.69) is 5.32 Å². The second-order valence-electron chi connectivity index (χ2n) is 5.58. The van der Waals surface area contributed by atoms with E-state index in [0.717, 1.165) is 24.2 Å². The molecule has 0 aromatic heterocycles. The Morgan fingerprint density at radius 2 is 2.27 bits per heavy atom. The van der Waals surface area contributed by atoms with E-state index >= 15 is 0 Å². The molecule has 120 valence electrons. The summed E-state index contributed by atoms with van der Waals surface area (Å²) in [6.07, 6.45) is 1.57. The first-order chi connectivity index (χ1) is 10.6. The number of urea groups is 1. The molecule has 0 spiro atoms. The number of ether oxygens (including phenoxy) is 1. The van der Waals surface area contributed by atoms with Crippen molar-refractivity contribution >= 4 is 11.9 Å². The van der Waals surface area contributed by atoms with Gasteiger partial charge in [-0.2, -0.15) is 0 Å². The number of benzene rings is 1. The number of nitrogens with zero attached hydrogens (tertiary/aromatic N) is 1. The number of primary amides is 1. The van der Waals surface area contributed by atoms with Gasteiger partial charge < -0.3 is 20.7 Å². The van der Waals surface area contributed by atoms with E-state index < -0.39 is 0 Å². The van der Waals surface area contributed by atoms with Gasteiger partial charge in [-0.25, -0.2) is 4.79 Å². The van der Waals surface area contributed by atoms with Crippen molar-refractivity contribution in [3.05, 3.63) is 29.8 Å². The zero-order chi connectivity index (χ0) is 15.9. The number of hydrogen-bond donors (Lipinski definition) is 2. The predicted molar refractivity (Wildman–Crippen MR) is 83.6 cm³/mol. The molecule has 3 N–H and O–H groups in total. The molecule has 6 heteroatoms. The first kappa shape index (κ1) is 16.1. The minimum Gasteiger partial charge on any atom is -0.492 e. The van der Waals surface area contributed by atoms with Gasteiger partial charge in [0.15, 0.2) is 0 Å². The molecule has 3 amide bonds. The third-order valence-electron chi connectivity index (χ3n) is 3.75. The second kappa shape index (κ2) is 7.68. The predicted octanol–water partition coefficient (Wildman–Crippen LogP) is 1.28. The van der Waals surface area contributed by atoms with Crippen LogP contribution >= 0.6 is 0 Å². The maximum absolute atomic E-state index is 12.0. The molecule has 6 nitrogen and oxygen atoms in total. The van der Waals surface area contributed by atoms with E-state index in [-0.39, 0.29) is 17.9 Å². The number of carbonyl (C=O) groups excluding carboxylic acids is 2. The summed E-state index contributed by atoms with van der Waals surface area (Å²) in [4.78, 5) is 24.9. The van der Waals surface area contributed by atoms with Crippen LogP contribution in [0.25, 0.3) is 0 Å². The summed E-state index contributed by atoms with van der Waals surface area (Å²) in [6, 6.07) is 7.60. The molecule has 1 fully saturated rings. The number of nitrogens with two attached hydrogens (primary N) is 1. The van der Waals surface area contributed by atoms with E-state index in [1.807, 2.05) is 31.2 Å². The van der Waals surface area contributed by atoms with Gasteiger partial charge in [0.25, 0.3) is 0 Å². The van der Waals surface area contributed by atoms with Crippen LogP contribution in [0.4, 0.5) is 4.79 Å². The Labute approximate surface area is 130 Å². The van der Waals surface area contributed by atoms with E-state index in [1.54, 1.807) is 4.90 Å². The molecule has 0 aliphatic carbocycles. The van der Waals surface area contributed by atoms with E-state index in [1.165, 1.54) is 0 Å². The molecule has 1 heterocycles. The molecule has 1 aliphatic heterocycles. The van der Waals surface area contributed by atoms with Crippen LogP contribution in [0, 0.1) is 12.8 Å². The van der Waals surface area contributed by atoms with Crippen molar-refractivity contribution in [2.45, 2.75) is 19.8 Å². The summed E-state index contributed by atoms with van der Waals surface area (Å²) in [5.41, 5.74) is 6.44. The SMILES string of the molecule is Cc1cccc(OCCNC(=O)N2CCC[C@H](C(N)=O)C2)c1. The van der Waals surface area contributed by atoms with Crippen molar-refractivity contribution in [1.29, 1.82) is 0 Å². The van der Waals surface area contributed by atoms with Crippen LogP contribution in [-0.4, -0.2) is 43.1 Å². The van der Waals surface area contributed by atoms with Crippen LogP contribution in [0.2, 0.25) is 0 Å². The van der Waals surface area contributed by atoms with Gasteiger partial charge in [-0.1, -0.05) is 12.1 Å². The number of aryl methyl sites for hydroxylation is 1. The highest BCUT2D eigenvalue weighted by Gasteiger charge is 2.26. The molecule has 22 heavy (non-hydrogen) atoms. The number of hydrogen-bond acceptors (Lipinski definition) is 3. The number of likely N-dealkylation sites (tertiary alicyclic amines) is 1. The Hall–Kier alpha value is -2.24. The summed E-state index contributed by atoms with van der Waals surface area (Å²) in [6.45, 7) is 3.89. The monoisotopic (exact) mass is 305 g/mol. The van der Waals surface area contributed by atoms with E-state index in [9.17, 15) is 9.59 Å². The molecule has 2 rings (SSSR count). The fraction of sp³-hybridized carbons (Fsp3) is 0.500. The molecular formula is C16H23N3O3. The number of amides is 3. The van der Waals surface area contributed by atoms with Gasteiger partial charge in [-0.3, -0.25) is 4.79 Å². The zero-order valence-corrected chi connectivity index (χ0v) is 12.9. The highest BCUT2D eigenvalue weighted by Crippen LogP contribution is 2.16. The lowest BCUT2D eigenvalue weighted by Crippen LogP contribution is -2.48. The first-order valence-corrected chi connectivity index (χ1v) is 7.58. The normalized spacial score (nSPS) is 17.9. The molecule has 0 bridgehead atoms. The van der Waals surface area contributed by atoms with Crippen LogP contribution < -0.4 is 15.8 Å². The Kier molecular flexibility index (Phi) is 5.63. The third kappa shape index (κ3) is 4.65. The zero-order valence-electron chi connectivity index (χ0n) is 12.9. The van der Waals surface area contributed by atoms with Crippen molar-refractivity contribution in [3.63, 3.8) is 0 Å². The minimum atomic E-state index is -0.333. The largest absolute Gasteiger partial charge is 0.492 e. The minimum absolute atomic E-state index is 0.168. The number of rotatable bonds is 5. The fourth-order valence-electron chi connectivity index (χ4n) is 2.54. The summed E-state index contributed by atoms with van der Waals surface area (Å²) >= 11 is 0. The maximum atomic E-state index is 12.0. The van der Waals surface area contributed by atoms with Gasteiger partial charge >= 0.3 is 6.03 Å². The Morgan fingerprint density at radius 3 is 3.00 bits per heavy atom. The average molecular weight is 305 g/mol. The molecule has 1 saturated heterocycles. The van der Waals surface area contributed by atoms with Gasteiger partial charge in [-0.05, 0) is 37.5 Å². The van der Waals surface area contributed by atoms with Crippen molar-refractivity contribution in [3.8, 4) is 5.75 Å². The molecule has 1 aliphatic rings. The van der Waals surface area contributed by atoms with Crippen LogP contribution in [0.1, 0.15) is 18.4 Å². The standard InChI is InChI=1S/C16H23N3O3/c1-12-4-2-6-14(10-12)22-9-7-18-16(21)19-8-3-5-13(11-19)15(17)20/h2,4,6,10,13H,3,5,7-9,11H2,1H3,(H2,17,20)(H,18,21)/t13-/m0/s1. The fourth-order valence-corrected chi connectivity index (χ4v) is 2.54. The van der Waals surface area contributed by atoms with Crippen LogP contribution in [0.15, 0.2) is 24.3 Å². The van der Waals surface area contributed by atoms with Gasteiger partial charge in [-0.15, -0.1) is 0 Å². The lowest BCUT2D eigenvalue weighted by Gasteiger charge is -2.31. The number of carbonyl (C=O) groups is 2. The molecule has 1 aromatic carbocycles. The average Bonchev–Trinajstić information content (AvgIpc) is 2.51. The smallest absolute Gasteiger partial charge is 0.317 e. The van der Waals surface area contributed by atoms with Gasteiger partial charge in [0.05, 0.1) is 12.5 Å². The molecular weight excluding hydrogens is 282 g/mol. The van der Waals surface area contributed by atoms with Crippen molar-refractivity contribution < 1.29 is 14.3 Å². The molecule has 1 aromatic rings. The maximum Gasteiger partial charge on any atom is 0.317 e. The quantitative estimate of drug-likeness (QED) is 0.804. The van der Waals surface area contributed by atoms with Crippen LogP contribution in [0.3, 0.4) is 0 Å². The van der Waals surface area contributed by atoms with Crippen molar-refractivity contribution in [1.82, 2.24) is 10.2 Å². The third-order valence-corrected chi connectivity index (χ3v) is 3.75. The van der Waals surface area contributed by atoms with Gasteiger partial charge in [0.1, 0.15) is 12.4 Å². The lowest BCUT2D eigenvalue weighted by atomic mass is 9.98.